The first-order valence-corrected chi connectivity index (χ1v) is 7.64. The summed E-state index contributed by atoms with van der Waals surface area (Å²) in [6, 6.07) is 13.1. The number of aromatic nitrogens is 1. The van der Waals surface area contributed by atoms with E-state index < -0.39 is 0 Å². The molecule has 0 fully saturated rings. The minimum atomic E-state index is 0.264. The van der Waals surface area contributed by atoms with Gasteiger partial charge < -0.3 is 14.4 Å². The molecule has 0 saturated heterocycles. The zero-order valence-corrected chi connectivity index (χ0v) is 13.3. The zero-order chi connectivity index (χ0) is 15.7. The zero-order valence-electron chi connectivity index (χ0n) is 12.6. The van der Waals surface area contributed by atoms with Crippen LogP contribution in [0.25, 0.3) is 10.9 Å². The number of aromatic hydroxyl groups is 1. The van der Waals surface area contributed by atoms with Gasteiger partial charge in [0.15, 0.2) is 0 Å². The highest BCUT2D eigenvalue weighted by molar-refractivity contribution is 6.30. The Bertz CT molecular complexity index is 791. The highest BCUT2D eigenvalue weighted by Gasteiger charge is 2.14. The molecule has 0 unspecified atom stereocenters. The van der Waals surface area contributed by atoms with E-state index in [4.69, 9.17) is 16.3 Å². The number of phenolic OH excluding ortho intramolecular Hbond substituents is 1. The molecule has 1 aromatic heterocycles. The summed E-state index contributed by atoms with van der Waals surface area (Å²) in [5.41, 5.74) is 1.90. The van der Waals surface area contributed by atoms with Gasteiger partial charge in [-0.15, -0.1) is 0 Å². The van der Waals surface area contributed by atoms with Gasteiger partial charge in [0.1, 0.15) is 18.1 Å². The van der Waals surface area contributed by atoms with Gasteiger partial charge in [-0.2, -0.15) is 0 Å². The SMILES string of the molecule is CC(C)n1cc(COc2ccc(Cl)cc2)c2cccc(O)c21. The molecule has 3 nitrogen and oxygen atoms in total. The van der Waals surface area contributed by atoms with Crippen LogP contribution in [0.1, 0.15) is 25.5 Å². The maximum atomic E-state index is 10.2. The molecular weight excluding hydrogens is 298 g/mol. The van der Waals surface area contributed by atoms with Crippen LogP contribution in [0.4, 0.5) is 0 Å². The molecule has 3 aromatic rings. The number of halogens is 1. The number of nitrogens with zero attached hydrogens (tertiary/aromatic N) is 1. The highest BCUT2D eigenvalue weighted by atomic mass is 35.5. The molecule has 1 N–H and O–H groups in total. The molecule has 0 aliphatic heterocycles. The summed E-state index contributed by atoms with van der Waals surface area (Å²) >= 11 is 5.88. The van der Waals surface area contributed by atoms with Gasteiger partial charge in [0, 0.05) is 28.2 Å². The largest absolute Gasteiger partial charge is 0.506 e. The lowest BCUT2D eigenvalue weighted by Crippen LogP contribution is -1.98. The highest BCUT2D eigenvalue weighted by Crippen LogP contribution is 2.32. The van der Waals surface area contributed by atoms with Gasteiger partial charge >= 0.3 is 0 Å². The average Bonchev–Trinajstić information content (AvgIpc) is 2.87. The molecule has 0 saturated carbocycles. The van der Waals surface area contributed by atoms with Crippen LogP contribution in [0.2, 0.25) is 5.02 Å². The third-order valence-corrected chi connectivity index (χ3v) is 3.93. The number of para-hydroxylation sites is 1. The minimum Gasteiger partial charge on any atom is -0.506 e. The monoisotopic (exact) mass is 315 g/mol. The molecule has 22 heavy (non-hydrogen) atoms. The standard InChI is InChI=1S/C18H18ClNO2/c1-12(2)20-10-13(16-4-3-5-17(21)18(16)20)11-22-15-8-6-14(19)7-9-15/h3-10,12,21H,11H2,1-2H3. The van der Waals surface area contributed by atoms with Gasteiger partial charge in [-0.1, -0.05) is 23.7 Å². The Morgan fingerprint density at radius 2 is 1.86 bits per heavy atom. The third kappa shape index (κ3) is 2.77. The predicted molar refractivity (Wildman–Crippen MR) is 89.8 cm³/mol. The van der Waals surface area contributed by atoms with E-state index in [1.807, 2.05) is 30.5 Å². The molecule has 0 amide bonds. The summed E-state index contributed by atoms with van der Waals surface area (Å²) in [5, 5.41) is 11.9. The smallest absolute Gasteiger partial charge is 0.139 e. The summed E-state index contributed by atoms with van der Waals surface area (Å²) in [7, 11) is 0. The number of rotatable bonds is 4. The van der Waals surface area contributed by atoms with Crippen LogP contribution in [-0.2, 0) is 6.61 Å². The van der Waals surface area contributed by atoms with Crippen molar-refractivity contribution in [1.82, 2.24) is 4.57 Å². The van der Waals surface area contributed by atoms with Crippen LogP contribution >= 0.6 is 11.6 Å². The van der Waals surface area contributed by atoms with E-state index in [9.17, 15) is 5.11 Å². The van der Waals surface area contributed by atoms with Crippen molar-refractivity contribution in [2.75, 3.05) is 0 Å². The first-order valence-electron chi connectivity index (χ1n) is 7.26. The quantitative estimate of drug-likeness (QED) is 0.721. The Hall–Kier alpha value is -2.13. The number of benzene rings is 2. The number of hydrogen-bond donors (Lipinski definition) is 1. The van der Waals surface area contributed by atoms with Crippen molar-refractivity contribution in [1.29, 1.82) is 0 Å². The van der Waals surface area contributed by atoms with Crippen LogP contribution in [0.5, 0.6) is 11.5 Å². The fraction of sp³-hybridized carbons (Fsp3) is 0.222. The molecule has 2 aromatic carbocycles. The molecule has 3 rings (SSSR count). The van der Waals surface area contributed by atoms with Gasteiger partial charge in [-0.25, -0.2) is 0 Å². The Morgan fingerprint density at radius 3 is 2.55 bits per heavy atom. The molecule has 0 aliphatic rings. The Balaban J connectivity index is 1.94. The molecule has 0 spiro atoms. The molecule has 114 valence electrons. The van der Waals surface area contributed by atoms with E-state index >= 15 is 0 Å². The lowest BCUT2D eigenvalue weighted by atomic mass is 10.2. The van der Waals surface area contributed by atoms with Crippen LogP contribution in [0, 0.1) is 0 Å². The first-order chi connectivity index (χ1) is 10.6. The van der Waals surface area contributed by atoms with E-state index in [0.717, 1.165) is 22.2 Å². The molecule has 0 atom stereocenters. The second-order valence-electron chi connectivity index (χ2n) is 5.57. The second kappa shape index (κ2) is 5.93. The molecule has 4 heteroatoms. The van der Waals surface area contributed by atoms with E-state index in [1.54, 1.807) is 18.2 Å². The summed E-state index contributed by atoms with van der Waals surface area (Å²) in [5.74, 6) is 1.07. The number of phenols is 1. The molecule has 0 aliphatic carbocycles. The normalized spacial score (nSPS) is 11.3. The van der Waals surface area contributed by atoms with Crippen molar-refractivity contribution in [3.05, 3.63) is 59.2 Å². The maximum Gasteiger partial charge on any atom is 0.139 e. The average molecular weight is 316 g/mol. The summed E-state index contributed by atoms with van der Waals surface area (Å²) in [4.78, 5) is 0. The van der Waals surface area contributed by atoms with Crippen molar-refractivity contribution in [2.24, 2.45) is 0 Å². The van der Waals surface area contributed by atoms with Crippen molar-refractivity contribution >= 4 is 22.5 Å². The third-order valence-electron chi connectivity index (χ3n) is 3.68. The van der Waals surface area contributed by atoms with Crippen molar-refractivity contribution in [3.63, 3.8) is 0 Å². The molecule has 0 bridgehead atoms. The minimum absolute atomic E-state index is 0.264. The Kier molecular flexibility index (Phi) is 3.99. The second-order valence-corrected chi connectivity index (χ2v) is 6.01. The Morgan fingerprint density at radius 1 is 1.14 bits per heavy atom. The number of fused-ring (bicyclic) bond motifs is 1. The number of ether oxygens (including phenoxy) is 1. The maximum absolute atomic E-state index is 10.2. The predicted octanol–water partition coefficient (Wildman–Crippen LogP) is 5.16. The van der Waals surface area contributed by atoms with Gasteiger partial charge in [0.2, 0.25) is 0 Å². The summed E-state index contributed by atoms with van der Waals surface area (Å²) < 4.78 is 7.91. The number of hydrogen-bond acceptors (Lipinski definition) is 2. The first kappa shape index (κ1) is 14.8. The fourth-order valence-corrected chi connectivity index (χ4v) is 2.70. The Labute approximate surface area is 134 Å². The van der Waals surface area contributed by atoms with Crippen molar-refractivity contribution < 1.29 is 9.84 Å². The summed E-state index contributed by atoms with van der Waals surface area (Å²) in [6.45, 7) is 4.63. The van der Waals surface area contributed by atoms with Crippen molar-refractivity contribution in [3.8, 4) is 11.5 Å². The van der Waals surface area contributed by atoms with Gasteiger partial charge in [0.05, 0.1) is 5.52 Å². The van der Waals surface area contributed by atoms with Crippen LogP contribution in [0.15, 0.2) is 48.7 Å². The lowest BCUT2D eigenvalue weighted by molar-refractivity contribution is 0.307. The van der Waals surface area contributed by atoms with Crippen LogP contribution in [-0.4, -0.2) is 9.67 Å². The van der Waals surface area contributed by atoms with Crippen LogP contribution < -0.4 is 4.74 Å². The molecule has 0 radical (unpaired) electrons. The van der Waals surface area contributed by atoms with E-state index in [1.165, 1.54) is 0 Å². The van der Waals surface area contributed by atoms with Gasteiger partial charge in [-0.05, 0) is 44.2 Å². The fourth-order valence-electron chi connectivity index (χ4n) is 2.58. The van der Waals surface area contributed by atoms with E-state index in [2.05, 4.69) is 18.4 Å². The van der Waals surface area contributed by atoms with Gasteiger partial charge in [-0.3, -0.25) is 0 Å². The van der Waals surface area contributed by atoms with Crippen LogP contribution in [0.3, 0.4) is 0 Å². The van der Waals surface area contributed by atoms with Gasteiger partial charge in [0.25, 0.3) is 0 Å². The lowest BCUT2D eigenvalue weighted by Gasteiger charge is -2.09. The molecular formula is C18H18ClNO2. The topological polar surface area (TPSA) is 34.4 Å². The van der Waals surface area contributed by atoms with Crippen molar-refractivity contribution in [2.45, 2.75) is 26.5 Å². The van der Waals surface area contributed by atoms with E-state index in [-0.39, 0.29) is 6.04 Å². The summed E-state index contributed by atoms with van der Waals surface area (Å²) in [6.07, 6.45) is 2.05. The van der Waals surface area contributed by atoms with E-state index in [0.29, 0.717) is 17.4 Å². The molecule has 1 heterocycles.